The van der Waals surface area contributed by atoms with Crippen molar-refractivity contribution >= 4 is 47.7 Å². The monoisotopic (exact) mass is 774 g/mol. The Labute approximate surface area is 307 Å². The van der Waals surface area contributed by atoms with Crippen LogP contribution in [0.3, 0.4) is 0 Å². The Morgan fingerprint density at radius 2 is 0.981 bits per heavy atom. The minimum atomic E-state index is -1.21. The molecule has 1 amide bonds. The van der Waals surface area contributed by atoms with Gasteiger partial charge in [0.2, 0.25) is 5.91 Å². The first kappa shape index (κ1) is 57.8. The van der Waals surface area contributed by atoms with Gasteiger partial charge in [-0.05, 0) is 57.0 Å². The Balaban J connectivity index is -0.000000171. The fraction of sp³-hybridized carbons (Fsp3) is 0.733. The second kappa shape index (κ2) is 35.9. The molecule has 0 saturated carbocycles. The number of rotatable bonds is 13. The van der Waals surface area contributed by atoms with Crippen molar-refractivity contribution in [3.05, 3.63) is 0 Å². The van der Waals surface area contributed by atoms with E-state index in [9.17, 15) is 38.4 Å². The van der Waals surface area contributed by atoms with E-state index in [0.29, 0.717) is 12.3 Å². The predicted octanol–water partition coefficient (Wildman–Crippen LogP) is -3.13. The number of carbonyl (C=O) groups is 8. The quantitative estimate of drug-likeness (QED) is 0.0879. The highest BCUT2D eigenvalue weighted by Crippen LogP contribution is 2.05. The van der Waals surface area contributed by atoms with Gasteiger partial charge in [0.25, 0.3) is 0 Å². The minimum Gasteiger partial charge on any atom is -0.480 e. The van der Waals surface area contributed by atoms with E-state index in [0.717, 1.165) is 45.2 Å². The van der Waals surface area contributed by atoms with Gasteiger partial charge in [0.15, 0.2) is 0 Å². The Morgan fingerprint density at radius 3 is 1.08 bits per heavy atom. The summed E-state index contributed by atoms with van der Waals surface area (Å²) in [4.78, 5) is 78.9. The number of aliphatic carboxylic acids is 7. The molecule has 0 aliphatic carbocycles. The third kappa shape index (κ3) is 43.6. The van der Waals surface area contributed by atoms with E-state index in [1.165, 1.54) is 0 Å². The molecule has 0 radical (unpaired) electrons. The summed E-state index contributed by atoms with van der Waals surface area (Å²) >= 11 is 0. The highest BCUT2D eigenvalue weighted by atomic mass is 16.4. The molecule has 23 heteroatoms. The van der Waals surface area contributed by atoms with Crippen molar-refractivity contribution in [2.24, 2.45) is 46.2 Å². The number of nitrogens with one attached hydrogen (secondary N) is 2. The summed E-state index contributed by atoms with van der Waals surface area (Å²) in [5.74, 6) is -6.69. The SMILES string of the molecule is CC(C)C[C@H](N)C(=O)O.CC[C@H](C)[C@H](N)C(=O)O.NC(=O)C[C@H](N)C(=O)O.NCC(=O)O.NCC(=O)O.O=C(O)[C@@H]1CCCN1.O=C(O)[C@@H]1CCCN1. The van der Waals surface area contributed by atoms with Crippen molar-refractivity contribution in [1.82, 2.24) is 10.6 Å². The first-order valence-corrected chi connectivity index (χ1v) is 16.3. The second-order valence-electron chi connectivity index (χ2n) is 11.6. The van der Waals surface area contributed by atoms with Gasteiger partial charge in [0, 0.05) is 0 Å². The van der Waals surface area contributed by atoms with Crippen LogP contribution in [0.25, 0.3) is 0 Å². The molecule has 0 aromatic rings. The normalized spacial score (nSPS) is 17.2. The number of primary amides is 1. The molecule has 312 valence electrons. The van der Waals surface area contributed by atoms with E-state index in [-0.39, 0.29) is 37.5 Å². The molecule has 0 bridgehead atoms. The molecule has 0 aromatic carbocycles. The van der Waals surface area contributed by atoms with Crippen LogP contribution in [0.1, 0.15) is 72.6 Å². The van der Waals surface area contributed by atoms with E-state index < -0.39 is 65.8 Å². The van der Waals surface area contributed by atoms with Crippen molar-refractivity contribution in [3.8, 4) is 0 Å². The van der Waals surface area contributed by atoms with E-state index >= 15 is 0 Å². The van der Waals surface area contributed by atoms with Gasteiger partial charge >= 0.3 is 41.8 Å². The smallest absolute Gasteiger partial charge is 0.321 e. The summed E-state index contributed by atoms with van der Waals surface area (Å²) in [5.41, 5.74) is 29.2. The third-order valence-corrected chi connectivity index (χ3v) is 6.39. The Hall–Kier alpha value is -4.52. The fourth-order valence-corrected chi connectivity index (χ4v) is 3.20. The number of carbonyl (C=O) groups excluding carboxylic acids is 1. The molecular formula is C30H62N8O15. The lowest BCUT2D eigenvalue weighted by atomic mass is 10.0. The van der Waals surface area contributed by atoms with Crippen molar-refractivity contribution in [2.45, 2.75) is 103 Å². The van der Waals surface area contributed by atoms with Crippen LogP contribution in [0.5, 0.6) is 0 Å². The second-order valence-corrected chi connectivity index (χ2v) is 11.6. The first-order chi connectivity index (χ1) is 24.3. The van der Waals surface area contributed by atoms with Gasteiger partial charge in [0.1, 0.15) is 30.2 Å². The molecule has 21 N–H and O–H groups in total. The number of hydrogen-bond acceptors (Lipinski definition) is 15. The number of carboxylic acid groups (broad SMARTS) is 7. The topological polar surface area (TPSA) is 458 Å². The molecule has 2 fully saturated rings. The lowest BCUT2D eigenvalue weighted by Crippen LogP contribution is -2.36. The maximum absolute atomic E-state index is 10.2. The summed E-state index contributed by atoms with van der Waals surface area (Å²) < 4.78 is 0. The van der Waals surface area contributed by atoms with Gasteiger partial charge in [-0.1, -0.05) is 34.1 Å². The zero-order valence-corrected chi connectivity index (χ0v) is 30.7. The number of amides is 1. The molecule has 6 atom stereocenters. The fourth-order valence-electron chi connectivity index (χ4n) is 3.20. The van der Waals surface area contributed by atoms with Crippen LogP contribution < -0.4 is 45.0 Å². The van der Waals surface area contributed by atoms with Gasteiger partial charge in [-0.3, -0.25) is 38.4 Å². The average molecular weight is 775 g/mol. The van der Waals surface area contributed by atoms with Crippen LogP contribution in [0, 0.1) is 11.8 Å². The summed E-state index contributed by atoms with van der Waals surface area (Å²) in [5, 5.41) is 62.4. The summed E-state index contributed by atoms with van der Waals surface area (Å²) in [7, 11) is 0. The number of hydrogen-bond donors (Lipinski definition) is 15. The number of nitrogens with two attached hydrogens (primary N) is 6. The van der Waals surface area contributed by atoms with Crippen LogP contribution in [0.4, 0.5) is 0 Å². The van der Waals surface area contributed by atoms with E-state index in [4.69, 9.17) is 52.9 Å². The molecule has 2 rings (SSSR count). The first-order valence-electron chi connectivity index (χ1n) is 16.3. The molecule has 53 heavy (non-hydrogen) atoms. The van der Waals surface area contributed by atoms with Gasteiger partial charge in [-0.25, -0.2) is 0 Å². The molecule has 0 aromatic heterocycles. The summed E-state index contributed by atoms with van der Waals surface area (Å²) in [6.07, 6.45) is 4.62. The summed E-state index contributed by atoms with van der Waals surface area (Å²) in [6.45, 7) is 8.81. The lowest BCUT2D eigenvalue weighted by molar-refractivity contribution is -0.140. The molecule has 2 heterocycles. The lowest BCUT2D eigenvalue weighted by Gasteiger charge is -2.11. The van der Waals surface area contributed by atoms with Crippen LogP contribution in [-0.2, 0) is 38.4 Å². The standard InChI is InChI=1S/2C6H13NO2.2C5H9NO2.C4H8N2O3.2C2H5NO2/c1-4(2)3-5(7)6(8)9;1-3-4(2)5(7)6(8)9;2*7-5(8)4-2-1-3-6-4;5-2(4(8)9)1-3(6)7;2*3-1-2(4)5/h2*4-5H,3,7H2,1-2H3,(H,8,9);2*4,6H,1-3H2,(H,7,8);2H,1,5H2,(H2,6,7)(H,8,9);2*1,3H2,(H,4,5)/t5-;4-,5-;2*4-;2-;;/m00000../s1. The van der Waals surface area contributed by atoms with Crippen LogP contribution in [0.15, 0.2) is 0 Å². The highest BCUT2D eigenvalue weighted by Gasteiger charge is 2.21. The molecule has 2 saturated heterocycles. The largest absolute Gasteiger partial charge is 0.480 e. The average Bonchev–Trinajstić information content (AvgIpc) is 3.81. The molecule has 0 unspecified atom stereocenters. The van der Waals surface area contributed by atoms with Crippen LogP contribution in [0.2, 0.25) is 0 Å². The molecule has 2 aliphatic rings. The zero-order chi connectivity index (χ0) is 42.9. The van der Waals surface area contributed by atoms with Gasteiger partial charge < -0.3 is 80.8 Å². The van der Waals surface area contributed by atoms with Crippen LogP contribution in [-0.4, -0.2) is 140 Å². The minimum absolute atomic E-state index is 0.0718. The maximum Gasteiger partial charge on any atom is 0.321 e. The van der Waals surface area contributed by atoms with Crippen LogP contribution >= 0.6 is 0 Å². The van der Waals surface area contributed by atoms with E-state index in [2.05, 4.69) is 27.8 Å². The third-order valence-electron chi connectivity index (χ3n) is 6.39. The number of carboxylic acids is 7. The Morgan fingerprint density at radius 1 is 0.642 bits per heavy atom. The van der Waals surface area contributed by atoms with Gasteiger partial charge in [-0.15, -0.1) is 0 Å². The van der Waals surface area contributed by atoms with Crippen molar-refractivity contribution in [1.29, 1.82) is 0 Å². The molecule has 23 nitrogen and oxygen atoms in total. The molecular weight excluding hydrogens is 712 g/mol. The Kier molecular flexibility index (Phi) is 39.1. The van der Waals surface area contributed by atoms with Gasteiger partial charge in [-0.2, -0.15) is 0 Å². The van der Waals surface area contributed by atoms with Gasteiger partial charge in [0.05, 0.1) is 19.5 Å². The van der Waals surface area contributed by atoms with E-state index in [1.807, 2.05) is 27.7 Å². The summed E-state index contributed by atoms with van der Waals surface area (Å²) in [6, 6.07) is -3.09. The predicted molar refractivity (Wildman–Crippen MR) is 190 cm³/mol. The van der Waals surface area contributed by atoms with Crippen molar-refractivity contribution < 1.29 is 74.1 Å². The van der Waals surface area contributed by atoms with Crippen molar-refractivity contribution in [2.75, 3.05) is 26.2 Å². The molecule has 0 spiro atoms. The van der Waals surface area contributed by atoms with E-state index in [1.54, 1.807) is 0 Å². The Bertz CT molecular complexity index is 1030. The van der Waals surface area contributed by atoms with Crippen molar-refractivity contribution in [3.63, 3.8) is 0 Å². The maximum atomic E-state index is 10.2. The zero-order valence-electron chi connectivity index (χ0n) is 30.7. The molecule has 2 aliphatic heterocycles. The highest BCUT2D eigenvalue weighted by molar-refractivity contribution is 5.83.